The molecule has 0 amide bonds. The summed E-state index contributed by atoms with van der Waals surface area (Å²) in [5.41, 5.74) is -0.804. The summed E-state index contributed by atoms with van der Waals surface area (Å²) in [6, 6.07) is 7.93. The summed E-state index contributed by atoms with van der Waals surface area (Å²) >= 11 is 0. The van der Waals surface area contributed by atoms with Crippen LogP contribution in [0.25, 0.3) is 22.3 Å². The van der Waals surface area contributed by atoms with Gasteiger partial charge in [0.15, 0.2) is 18.3 Å². The smallest absolute Gasteiger partial charge is 0.239 e. The number of benzene rings is 2. The van der Waals surface area contributed by atoms with Crippen LogP contribution in [0.15, 0.2) is 45.6 Å². The zero-order valence-electron chi connectivity index (χ0n) is 28.5. The predicted molar refractivity (Wildman–Crippen MR) is 175 cm³/mol. The van der Waals surface area contributed by atoms with E-state index in [0.717, 1.165) is 0 Å². The minimum atomic E-state index is -1.96. The Kier molecular flexibility index (Phi) is 11.5. The van der Waals surface area contributed by atoms with Gasteiger partial charge in [-0.2, -0.15) is 0 Å². The second-order valence-corrected chi connectivity index (χ2v) is 13.1. The van der Waals surface area contributed by atoms with Crippen LogP contribution < -0.4 is 14.9 Å². The fraction of sp³-hybridized carbons (Fsp3) is 0.559. The number of phenolic OH excluding ortho intramolecular Hbond substituents is 2. The second-order valence-electron chi connectivity index (χ2n) is 13.1. The second kappa shape index (κ2) is 15.6. The Morgan fingerprint density at radius 1 is 0.698 bits per heavy atom. The molecule has 53 heavy (non-hydrogen) atoms. The van der Waals surface area contributed by atoms with Crippen LogP contribution in [0.4, 0.5) is 0 Å². The highest BCUT2D eigenvalue weighted by Gasteiger charge is 2.51. The Bertz CT molecular complexity index is 1780. The molecule has 0 aliphatic carbocycles. The fourth-order valence-electron chi connectivity index (χ4n) is 6.32. The highest BCUT2D eigenvalue weighted by atomic mass is 16.7. The predicted octanol–water partition coefficient (Wildman–Crippen LogP) is -2.24. The summed E-state index contributed by atoms with van der Waals surface area (Å²) in [5, 5.41) is 105. The van der Waals surface area contributed by atoms with E-state index in [1.807, 2.05) is 0 Å². The minimum absolute atomic E-state index is 0.102. The summed E-state index contributed by atoms with van der Waals surface area (Å²) in [5.74, 6) is -1.27. The van der Waals surface area contributed by atoms with Crippen molar-refractivity contribution in [2.45, 2.75) is 106 Å². The Labute approximate surface area is 300 Å². The number of hydrogen-bond acceptors (Lipinski definition) is 19. The first kappa shape index (κ1) is 39.0. The van der Waals surface area contributed by atoms with Gasteiger partial charge in [-0.1, -0.05) is 0 Å². The lowest BCUT2D eigenvalue weighted by molar-refractivity contribution is -0.358. The van der Waals surface area contributed by atoms with E-state index in [0.29, 0.717) is 0 Å². The minimum Gasteiger partial charge on any atom is -0.508 e. The number of fused-ring (bicyclic) bond motifs is 1. The van der Waals surface area contributed by atoms with Crippen molar-refractivity contribution >= 4 is 11.0 Å². The zero-order chi connectivity index (χ0) is 38.5. The molecule has 19 heteroatoms. The van der Waals surface area contributed by atoms with Crippen LogP contribution in [-0.4, -0.2) is 157 Å². The molecule has 10 N–H and O–H groups in total. The average molecular weight is 755 g/mol. The summed E-state index contributed by atoms with van der Waals surface area (Å²) in [7, 11) is 1.34. The first-order valence-electron chi connectivity index (χ1n) is 16.6. The standard InChI is InChI=1S/C34H42O19/c1-11-20(37)24(41)26(43)33(49-11)52-30-21(38)12(2)48-32(28(30)45)47-10-18-22(39)25(42)27(44)34(51-18)53-31-23(40)19-16(36)8-15(46-3)9-17(19)50-29(31)13-4-6-14(35)7-5-13/h4-9,11-12,18,20-22,24-28,30,32-39,41-45H,10H2,1-3H3/t11?,12?,18?,20-,21-,22-,24-,25?,26?,27?,28?,30-,32+,33-,34-/m0/s1. The van der Waals surface area contributed by atoms with Gasteiger partial charge in [0.1, 0.15) is 89.3 Å². The third-order valence-corrected chi connectivity index (χ3v) is 9.48. The van der Waals surface area contributed by atoms with Gasteiger partial charge >= 0.3 is 0 Å². The third-order valence-electron chi connectivity index (χ3n) is 9.48. The van der Waals surface area contributed by atoms with E-state index in [1.54, 1.807) is 0 Å². The van der Waals surface area contributed by atoms with Crippen LogP contribution in [0.3, 0.4) is 0 Å². The molecule has 7 unspecified atom stereocenters. The number of methoxy groups -OCH3 is 1. The molecular formula is C34H42O19. The molecule has 6 rings (SSSR count). The summed E-state index contributed by atoms with van der Waals surface area (Å²) in [6.45, 7) is 2.19. The molecule has 0 radical (unpaired) electrons. The van der Waals surface area contributed by atoms with Crippen molar-refractivity contribution in [2.24, 2.45) is 0 Å². The summed E-state index contributed by atoms with van der Waals surface area (Å²) in [4.78, 5) is 13.9. The summed E-state index contributed by atoms with van der Waals surface area (Å²) in [6.07, 6.45) is -23.9. The highest BCUT2D eigenvalue weighted by molar-refractivity contribution is 5.88. The van der Waals surface area contributed by atoms with Crippen molar-refractivity contribution in [1.29, 1.82) is 0 Å². The van der Waals surface area contributed by atoms with Gasteiger partial charge in [-0.05, 0) is 38.1 Å². The molecule has 0 spiro atoms. The largest absolute Gasteiger partial charge is 0.508 e. The number of aromatic hydroxyl groups is 2. The van der Waals surface area contributed by atoms with E-state index in [2.05, 4.69) is 0 Å². The Morgan fingerprint density at radius 2 is 1.32 bits per heavy atom. The lowest BCUT2D eigenvalue weighted by Crippen LogP contribution is -2.64. The monoisotopic (exact) mass is 754 g/mol. The van der Waals surface area contributed by atoms with Crippen LogP contribution >= 0.6 is 0 Å². The Morgan fingerprint density at radius 3 is 2.00 bits per heavy atom. The van der Waals surface area contributed by atoms with E-state index in [-0.39, 0.29) is 33.8 Å². The van der Waals surface area contributed by atoms with Gasteiger partial charge in [0, 0.05) is 17.7 Å². The van der Waals surface area contributed by atoms with E-state index in [9.17, 15) is 55.9 Å². The topological polar surface area (TPSA) is 297 Å². The van der Waals surface area contributed by atoms with E-state index >= 15 is 0 Å². The maximum atomic E-state index is 13.9. The van der Waals surface area contributed by atoms with E-state index < -0.39 is 116 Å². The van der Waals surface area contributed by atoms with Gasteiger partial charge in [-0.3, -0.25) is 4.79 Å². The Balaban J connectivity index is 1.23. The molecule has 3 saturated heterocycles. The lowest BCUT2D eigenvalue weighted by Gasteiger charge is -2.46. The molecule has 0 saturated carbocycles. The van der Waals surface area contributed by atoms with Gasteiger partial charge < -0.3 is 88.6 Å². The van der Waals surface area contributed by atoms with Crippen LogP contribution in [-0.2, 0) is 23.7 Å². The molecule has 3 aliphatic rings. The molecule has 19 nitrogen and oxygen atoms in total. The Hall–Kier alpha value is -3.67. The molecule has 3 aromatic rings. The van der Waals surface area contributed by atoms with Crippen LogP contribution in [0.2, 0.25) is 0 Å². The number of phenols is 2. The molecule has 3 fully saturated rings. The fourth-order valence-corrected chi connectivity index (χ4v) is 6.32. The molecule has 2 aromatic carbocycles. The number of aliphatic hydroxyl groups is 8. The van der Waals surface area contributed by atoms with Gasteiger partial charge in [0.25, 0.3) is 0 Å². The van der Waals surface area contributed by atoms with Crippen molar-refractivity contribution in [3.05, 3.63) is 46.6 Å². The quantitative estimate of drug-likeness (QED) is 0.110. The SMILES string of the molecule is COc1cc(O)c2c(=O)c(O[C@@H]3OC(CO[C@@H]4OC(C)[C@H](O)[C@H](O[C@@H]5OC(C)[C@H](O)[C@H](O)C5O)C4O)[C@H](O)C(O)C3O)c(-c3ccc(O)cc3)oc2c1. The van der Waals surface area contributed by atoms with Crippen LogP contribution in [0.1, 0.15) is 13.8 Å². The molecule has 292 valence electrons. The van der Waals surface area contributed by atoms with Crippen molar-refractivity contribution < 1.29 is 88.6 Å². The maximum Gasteiger partial charge on any atom is 0.239 e. The maximum absolute atomic E-state index is 13.9. The van der Waals surface area contributed by atoms with Crippen molar-refractivity contribution in [1.82, 2.24) is 0 Å². The van der Waals surface area contributed by atoms with Crippen molar-refractivity contribution in [2.75, 3.05) is 13.7 Å². The van der Waals surface area contributed by atoms with Gasteiger partial charge in [0.2, 0.25) is 17.5 Å². The van der Waals surface area contributed by atoms with Gasteiger partial charge in [0.05, 0.1) is 25.9 Å². The average Bonchev–Trinajstić information content (AvgIpc) is 3.13. The molecule has 1 aromatic heterocycles. The lowest BCUT2D eigenvalue weighted by atomic mass is 9.97. The van der Waals surface area contributed by atoms with Crippen LogP contribution in [0.5, 0.6) is 23.0 Å². The molecule has 3 aliphatic heterocycles. The molecule has 15 atom stereocenters. The zero-order valence-corrected chi connectivity index (χ0v) is 28.5. The number of rotatable bonds is 9. The normalized spacial score (nSPS) is 37.8. The molecule has 4 heterocycles. The van der Waals surface area contributed by atoms with Crippen molar-refractivity contribution in [3.8, 4) is 34.3 Å². The van der Waals surface area contributed by atoms with E-state index in [1.165, 1.54) is 57.4 Å². The summed E-state index contributed by atoms with van der Waals surface area (Å²) < 4.78 is 45.1. The first-order valence-corrected chi connectivity index (χ1v) is 16.6. The van der Waals surface area contributed by atoms with E-state index in [4.69, 9.17) is 37.6 Å². The molecule has 0 bridgehead atoms. The third kappa shape index (κ3) is 7.54. The number of hydrogen-bond donors (Lipinski definition) is 10. The number of ether oxygens (including phenoxy) is 7. The van der Waals surface area contributed by atoms with Gasteiger partial charge in [-0.25, -0.2) is 0 Å². The van der Waals surface area contributed by atoms with Gasteiger partial charge in [-0.15, -0.1) is 0 Å². The highest BCUT2D eigenvalue weighted by Crippen LogP contribution is 2.38. The van der Waals surface area contributed by atoms with Crippen LogP contribution in [0, 0.1) is 0 Å². The van der Waals surface area contributed by atoms with Crippen molar-refractivity contribution in [3.63, 3.8) is 0 Å². The molecular weight excluding hydrogens is 712 g/mol. The first-order chi connectivity index (χ1) is 25.1. The number of aliphatic hydroxyl groups excluding tert-OH is 8.